The molecule has 2 aromatic carbocycles. The summed E-state index contributed by atoms with van der Waals surface area (Å²) in [6, 6.07) is 17.9. The van der Waals surface area contributed by atoms with E-state index in [-0.39, 0.29) is 12.1 Å². The Bertz CT molecular complexity index is 666. The average Bonchev–Trinajstić information content (AvgIpc) is 2.84. The molecule has 1 atom stereocenters. The summed E-state index contributed by atoms with van der Waals surface area (Å²) in [5.41, 5.74) is 2.87. The van der Waals surface area contributed by atoms with Crippen molar-refractivity contribution < 1.29 is 9.53 Å². The van der Waals surface area contributed by atoms with E-state index in [1.165, 1.54) is 0 Å². The van der Waals surface area contributed by atoms with Gasteiger partial charge in [-0.1, -0.05) is 62.4 Å². The quantitative estimate of drug-likeness (QED) is 0.791. The van der Waals surface area contributed by atoms with E-state index in [2.05, 4.69) is 13.8 Å². The van der Waals surface area contributed by atoms with Crippen LogP contribution in [0.25, 0.3) is 0 Å². The number of nitrogens with zero attached hydrogens (tertiary/aromatic N) is 1. The van der Waals surface area contributed by atoms with E-state index in [1.807, 2.05) is 59.5 Å². The summed E-state index contributed by atoms with van der Waals surface area (Å²) in [7, 11) is 0. The molecule has 0 aromatic heterocycles. The molecule has 23 heavy (non-hydrogen) atoms. The fourth-order valence-corrected chi connectivity index (χ4v) is 2.88. The van der Waals surface area contributed by atoms with Crippen LogP contribution in [0.4, 0.5) is 0 Å². The van der Waals surface area contributed by atoms with Crippen LogP contribution in [0.3, 0.4) is 0 Å². The van der Waals surface area contributed by atoms with Gasteiger partial charge in [-0.05, 0) is 24.0 Å². The molecule has 0 N–H and O–H groups in total. The molecule has 120 valence electrons. The average molecular weight is 309 g/mol. The van der Waals surface area contributed by atoms with Gasteiger partial charge in [-0.15, -0.1) is 0 Å². The largest absolute Gasteiger partial charge is 0.349 e. The Labute approximate surface area is 137 Å². The van der Waals surface area contributed by atoms with Crippen LogP contribution < -0.4 is 0 Å². The number of ether oxygens (including phenoxy) is 1. The molecule has 0 spiro atoms. The number of hydrogen-bond acceptors (Lipinski definition) is 2. The highest BCUT2D eigenvalue weighted by molar-refractivity contribution is 5.98. The van der Waals surface area contributed by atoms with Gasteiger partial charge in [-0.2, -0.15) is 0 Å². The van der Waals surface area contributed by atoms with Crippen molar-refractivity contribution in [3.8, 4) is 0 Å². The summed E-state index contributed by atoms with van der Waals surface area (Å²) < 4.78 is 6.14. The Morgan fingerprint density at radius 2 is 1.74 bits per heavy atom. The second-order valence-corrected chi connectivity index (χ2v) is 6.42. The zero-order chi connectivity index (χ0) is 16.2. The molecule has 0 radical (unpaired) electrons. The van der Waals surface area contributed by atoms with Gasteiger partial charge in [0.15, 0.2) is 6.23 Å². The van der Waals surface area contributed by atoms with Gasteiger partial charge in [0.1, 0.15) is 0 Å². The maximum Gasteiger partial charge on any atom is 0.256 e. The molecule has 3 heteroatoms. The Balaban J connectivity index is 1.79. The standard InChI is InChI=1S/C20H23NO2/c1-15(2)12-13-21-19(22)17-10-6-7-11-18(17)20(21)23-14-16-8-4-3-5-9-16/h3-11,15,20H,12-14H2,1-2H3/t20-/m0/s1. The highest BCUT2D eigenvalue weighted by atomic mass is 16.5. The topological polar surface area (TPSA) is 29.5 Å². The maximum atomic E-state index is 12.7. The summed E-state index contributed by atoms with van der Waals surface area (Å²) in [4.78, 5) is 14.5. The van der Waals surface area contributed by atoms with Crippen molar-refractivity contribution in [2.24, 2.45) is 5.92 Å². The SMILES string of the molecule is CC(C)CCN1C(=O)c2ccccc2[C@@H]1OCc1ccccc1. The zero-order valence-corrected chi connectivity index (χ0v) is 13.7. The third-order valence-electron chi connectivity index (χ3n) is 4.20. The lowest BCUT2D eigenvalue weighted by atomic mass is 10.1. The molecule has 0 saturated heterocycles. The van der Waals surface area contributed by atoms with Crippen LogP contribution in [0.2, 0.25) is 0 Å². The van der Waals surface area contributed by atoms with Crippen molar-refractivity contribution in [3.05, 3.63) is 71.3 Å². The minimum absolute atomic E-state index is 0.0827. The third-order valence-corrected chi connectivity index (χ3v) is 4.20. The van der Waals surface area contributed by atoms with Crippen LogP contribution in [0.1, 0.15) is 48.0 Å². The zero-order valence-electron chi connectivity index (χ0n) is 13.7. The lowest BCUT2D eigenvalue weighted by Crippen LogP contribution is -2.31. The van der Waals surface area contributed by atoms with Crippen LogP contribution in [0, 0.1) is 5.92 Å². The smallest absolute Gasteiger partial charge is 0.256 e. The molecular weight excluding hydrogens is 286 g/mol. The molecule has 1 amide bonds. The Morgan fingerprint density at radius 3 is 2.48 bits per heavy atom. The van der Waals surface area contributed by atoms with Gasteiger partial charge in [0.25, 0.3) is 5.91 Å². The Hall–Kier alpha value is -2.13. The number of benzene rings is 2. The molecule has 1 aliphatic heterocycles. The molecule has 0 saturated carbocycles. The van der Waals surface area contributed by atoms with Gasteiger partial charge < -0.3 is 9.64 Å². The second-order valence-electron chi connectivity index (χ2n) is 6.42. The van der Waals surface area contributed by atoms with E-state index in [1.54, 1.807) is 0 Å². The Morgan fingerprint density at radius 1 is 1.04 bits per heavy atom. The number of amides is 1. The van der Waals surface area contributed by atoms with E-state index >= 15 is 0 Å². The van der Waals surface area contributed by atoms with Crippen molar-refractivity contribution in [1.29, 1.82) is 0 Å². The van der Waals surface area contributed by atoms with Gasteiger partial charge in [-0.25, -0.2) is 0 Å². The normalized spacial score (nSPS) is 16.9. The number of hydrogen-bond donors (Lipinski definition) is 0. The van der Waals surface area contributed by atoms with Gasteiger partial charge in [0.2, 0.25) is 0 Å². The summed E-state index contributed by atoms with van der Waals surface area (Å²) in [5, 5.41) is 0. The van der Waals surface area contributed by atoms with Crippen molar-refractivity contribution in [3.63, 3.8) is 0 Å². The molecule has 1 aliphatic rings. The first-order chi connectivity index (χ1) is 11.2. The Kier molecular flexibility index (Phi) is 4.77. The predicted octanol–water partition coefficient (Wildman–Crippen LogP) is 4.40. The van der Waals surface area contributed by atoms with E-state index < -0.39 is 0 Å². The van der Waals surface area contributed by atoms with E-state index in [0.717, 1.165) is 29.7 Å². The summed E-state index contributed by atoms with van der Waals surface area (Å²) in [5.74, 6) is 0.639. The first-order valence-electron chi connectivity index (χ1n) is 8.22. The predicted molar refractivity (Wildman–Crippen MR) is 90.9 cm³/mol. The first kappa shape index (κ1) is 15.8. The second kappa shape index (κ2) is 6.97. The van der Waals surface area contributed by atoms with Crippen molar-refractivity contribution >= 4 is 5.91 Å². The van der Waals surface area contributed by atoms with Crippen molar-refractivity contribution in [1.82, 2.24) is 4.90 Å². The summed E-state index contributed by atoms with van der Waals surface area (Å²) >= 11 is 0. The van der Waals surface area contributed by atoms with E-state index in [9.17, 15) is 4.79 Å². The van der Waals surface area contributed by atoms with Crippen LogP contribution >= 0.6 is 0 Å². The van der Waals surface area contributed by atoms with Gasteiger partial charge in [0, 0.05) is 17.7 Å². The maximum absolute atomic E-state index is 12.7. The van der Waals surface area contributed by atoms with E-state index in [0.29, 0.717) is 12.5 Å². The number of carbonyl (C=O) groups excluding carboxylic acids is 1. The summed E-state index contributed by atoms with van der Waals surface area (Å²) in [6.07, 6.45) is 0.697. The lowest BCUT2D eigenvalue weighted by Gasteiger charge is -2.26. The molecule has 3 rings (SSSR count). The van der Waals surface area contributed by atoms with Crippen molar-refractivity contribution in [2.45, 2.75) is 33.1 Å². The minimum Gasteiger partial charge on any atom is -0.349 e. The molecule has 1 heterocycles. The minimum atomic E-state index is -0.280. The van der Waals surface area contributed by atoms with Gasteiger partial charge in [-0.3, -0.25) is 4.79 Å². The first-order valence-corrected chi connectivity index (χ1v) is 8.22. The van der Waals surface area contributed by atoms with Crippen LogP contribution in [-0.2, 0) is 11.3 Å². The molecule has 0 unspecified atom stereocenters. The van der Waals surface area contributed by atoms with Crippen LogP contribution in [-0.4, -0.2) is 17.4 Å². The fourth-order valence-electron chi connectivity index (χ4n) is 2.88. The fraction of sp³-hybridized carbons (Fsp3) is 0.350. The van der Waals surface area contributed by atoms with Crippen LogP contribution in [0.15, 0.2) is 54.6 Å². The highest BCUT2D eigenvalue weighted by Gasteiger charge is 2.36. The lowest BCUT2D eigenvalue weighted by molar-refractivity contribution is -0.0496. The number of carbonyl (C=O) groups is 1. The van der Waals surface area contributed by atoms with E-state index in [4.69, 9.17) is 4.74 Å². The monoisotopic (exact) mass is 309 g/mol. The van der Waals surface area contributed by atoms with Gasteiger partial charge >= 0.3 is 0 Å². The van der Waals surface area contributed by atoms with Gasteiger partial charge in [0.05, 0.1) is 6.61 Å². The van der Waals surface area contributed by atoms with Crippen molar-refractivity contribution in [2.75, 3.05) is 6.54 Å². The number of rotatable bonds is 6. The third kappa shape index (κ3) is 3.45. The molecular formula is C20H23NO2. The number of fused-ring (bicyclic) bond motifs is 1. The van der Waals surface area contributed by atoms with Crippen LogP contribution in [0.5, 0.6) is 0 Å². The molecule has 2 aromatic rings. The molecule has 0 fully saturated rings. The summed E-state index contributed by atoms with van der Waals surface area (Å²) in [6.45, 7) is 5.58. The molecule has 3 nitrogen and oxygen atoms in total. The molecule has 0 aliphatic carbocycles. The molecule has 0 bridgehead atoms. The highest BCUT2D eigenvalue weighted by Crippen LogP contribution is 2.35.